The molecule has 3 heterocycles. The summed E-state index contributed by atoms with van der Waals surface area (Å²) in [4.78, 5) is 50.9. The van der Waals surface area contributed by atoms with Crippen LogP contribution in [0.4, 0.5) is 0 Å². The molecule has 1 saturated carbocycles. The van der Waals surface area contributed by atoms with Gasteiger partial charge in [-0.2, -0.15) is 0 Å². The first kappa shape index (κ1) is 50.3. The van der Waals surface area contributed by atoms with Gasteiger partial charge in [0.05, 0.1) is 39.3 Å². The zero-order chi connectivity index (χ0) is 45.0. The number of esters is 2. The third kappa shape index (κ3) is 15.8. The number of nitrogens with one attached hydrogen (secondary N) is 3. The molecule has 3 aliphatic heterocycles. The molecule has 1 aliphatic carbocycles. The number of carbonyl (C=O) groups is 4. The van der Waals surface area contributed by atoms with Crippen LogP contribution in [0.5, 0.6) is 0 Å². The van der Waals surface area contributed by atoms with Crippen LogP contribution in [0.3, 0.4) is 0 Å². The van der Waals surface area contributed by atoms with E-state index in [-0.39, 0.29) is 70.3 Å². The van der Waals surface area contributed by atoms with Crippen LogP contribution in [0.1, 0.15) is 123 Å². The Morgan fingerprint density at radius 2 is 1.47 bits per heavy atom. The van der Waals surface area contributed by atoms with Crippen molar-refractivity contribution in [2.75, 3.05) is 46.0 Å². The minimum Gasteiger partial charge on any atom is -0.461 e. The van der Waals surface area contributed by atoms with Crippen molar-refractivity contribution in [3.8, 4) is 0 Å². The molecular weight excluding hydrogens is 844 g/mol. The molecule has 2 amide bonds. The highest BCUT2D eigenvalue weighted by molar-refractivity contribution is 7.48. The maximum absolute atomic E-state index is 13.6. The van der Waals surface area contributed by atoms with Gasteiger partial charge in [0.2, 0.25) is 11.8 Å². The number of ether oxygens (including phenoxy) is 2. The summed E-state index contributed by atoms with van der Waals surface area (Å²) in [5.74, 6) is -2.36. The molecule has 4 fully saturated rings. The summed E-state index contributed by atoms with van der Waals surface area (Å²) in [5, 5.41) is 8.92. The summed E-state index contributed by atoms with van der Waals surface area (Å²) in [5.41, 5.74) is -0.0804. The summed E-state index contributed by atoms with van der Waals surface area (Å²) < 4.78 is 71.5. The van der Waals surface area contributed by atoms with Crippen molar-refractivity contribution < 1.29 is 64.9 Å². The average molecular weight is 914 g/mol. The van der Waals surface area contributed by atoms with Crippen LogP contribution in [0, 0.1) is 22.7 Å². The number of hydrogen-bond donors (Lipinski definition) is 3. The summed E-state index contributed by atoms with van der Waals surface area (Å²) in [6.07, 6.45) is 8.52. The smallest absolute Gasteiger partial charge is 0.461 e. The molecule has 350 valence electrons. The minimum absolute atomic E-state index is 0.00534. The first-order chi connectivity index (χ1) is 29.3. The molecule has 6 atom stereocenters. The summed E-state index contributed by atoms with van der Waals surface area (Å²) in [6.45, 7) is 12.1. The fourth-order valence-electron chi connectivity index (χ4n) is 8.22. The standard InChI is InChI=1S/C43H69N3O14P2/c1-31-25-54-61(51,56-28-34-23-43(29-44-24-34)18-11-9-7-8-10-12-19-43)59-37(31)39(49)45-20-16-35(47)53-26-32-14-13-15-33(22-32)27-55-62(52)57-30-42(5,6)38(60-62)40(50)46-21-17-36(48)58-41(2,3)4/h13-15,22,31,34,37-38,44H,7-12,16-21,23-30H2,1-6H3,(H,45,49)(H,46,50)/t31?,34?,37-,38+,61-,62-/m1/s1. The Kier molecular flexibility index (Phi) is 18.2. The van der Waals surface area contributed by atoms with Gasteiger partial charge in [-0.3, -0.25) is 46.3 Å². The average Bonchev–Trinajstić information content (AvgIpc) is 3.32. The molecule has 1 aromatic rings. The van der Waals surface area contributed by atoms with Gasteiger partial charge in [0.25, 0.3) is 0 Å². The first-order valence-corrected chi connectivity index (χ1v) is 25.1. The van der Waals surface area contributed by atoms with Crippen molar-refractivity contribution >= 4 is 39.4 Å². The maximum Gasteiger partial charge on any atom is 0.475 e. The lowest BCUT2D eigenvalue weighted by molar-refractivity contribution is -0.155. The molecular formula is C43H69N3O14P2. The van der Waals surface area contributed by atoms with Gasteiger partial charge in [0.15, 0.2) is 12.2 Å². The van der Waals surface area contributed by atoms with Crippen molar-refractivity contribution in [2.45, 2.75) is 143 Å². The van der Waals surface area contributed by atoms with E-state index in [1.807, 2.05) is 0 Å². The van der Waals surface area contributed by atoms with E-state index in [0.717, 1.165) is 19.5 Å². The molecule has 5 rings (SSSR count). The predicted octanol–water partition coefficient (Wildman–Crippen LogP) is 7.06. The number of carbonyl (C=O) groups excluding carboxylic acids is 4. The largest absolute Gasteiger partial charge is 0.475 e. The third-order valence-electron chi connectivity index (χ3n) is 11.5. The SMILES string of the molecule is CC1CO[P@](=O)(OCC2CNCC3(CCCCCCCC3)C2)O[C@H]1C(=O)NCCC(=O)OCc1cccc(CO[P@]2(=O)OCC(C)(C)[C@H](C(=O)NCCC(=O)OC(C)(C)C)O2)c1. The van der Waals surface area contributed by atoms with Gasteiger partial charge in [0, 0.05) is 37.5 Å². The Morgan fingerprint density at radius 3 is 2.16 bits per heavy atom. The zero-order valence-corrected chi connectivity index (χ0v) is 39.2. The number of benzene rings is 1. The van der Waals surface area contributed by atoms with Crippen molar-refractivity contribution in [1.29, 1.82) is 0 Å². The van der Waals surface area contributed by atoms with Crippen LogP contribution < -0.4 is 16.0 Å². The Hall–Kier alpha value is -2.72. The van der Waals surface area contributed by atoms with Crippen molar-refractivity contribution in [3.63, 3.8) is 0 Å². The second-order valence-electron chi connectivity index (χ2n) is 19.0. The molecule has 19 heteroatoms. The van der Waals surface area contributed by atoms with E-state index in [4.69, 9.17) is 36.6 Å². The van der Waals surface area contributed by atoms with E-state index in [1.54, 1.807) is 65.8 Å². The highest BCUT2D eigenvalue weighted by atomic mass is 31.2. The fraction of sp³-hybridized carbons (Fsp3) is 0.767. The first-order valence-electron chi connectivity index (χ1n) is 22.1. The van der Waals surface area contributed by atoms with E-state index >= 15 is 0 Å². The number of phosphoric acid groups is 2. The van der Waals surface area contributed by atoms with Gasteiger partial charge >= 0.3 is 27.6 Å². The highest BCUT2D eigenvalue weighted by Gasteiger charge is 2.49. The van der Waals surface area contributed by atoms with Gasteiger partial charge in [-0.25, -0.2) is 9.13 Å². The third-order valence-corrected chi connectivity index (χ3v) is 14.3. The second-order valence-corrected chi connectivity index (χ2v) is 22.2. The Balaban J connectivity index is 1.01. The van der Waals surface area contributed by atoms with Gasteiger partial charge in [-0.05, 0) is 62.5 Å². The Labute approximate surface area is 366 Å². The van der Waals surface area contributed by atoms with E-state index in [1.165, 1.54) is 51.4 Å². The molecule has 62 heavy (non-hydrogen) atoms. The molecule has 1 aromatic carbocycles. The lowest BCUT2D eigenvalue weighted by Gasteiger charge is -2.42. The summed E-state index contributed by atoms with van der Waals surface area (Å²) in [6, 6.07) is 6.86. The number of piperidine rings is 1. The van der Waals surface area contributed by atoms with E-state index < -0.39 is 68.5 Å². The second kappa shape index (κ2) is 22.5. The van der Waals surface area contributed by atoms with Gasteiger partial charge in [-0.15, -0.1) is 0 Å². The molecule has 3 N–H and O–H groups in total. The van der Waals surface area contributed by atoms with Gasteiger partial charge in [0.1, 0.15) is 12.2 Å². The molecule has 17 nitrogen and oxygen atoms in total. The minimum atomic E-state index is -4.17. The van der Waals surface area contributed by atoms with E-state index in [9.17, 15) is 28.3 Å². The molecule has 0 bridgehead atoms. The summed E-state index contributed by atoms with van der Waals surface area (Å²) in [7, 11) is -8.16. The van der Waals surface area contributed by atoms with E-state index in [0.29, 0.717) is 11.1 Å². The number of rotatable bonds is 16. The van der Waals surface area contributed by atoms with Crippen LogP contribution in [-0.4, -0.2) is 87.6 Å². The fourth-order valence-corrected chi connectivity index (χ4v) is 11.4. The number of hydrogen-bond acceptors (Lipinski definition) is 15. The zero-order valence-electron chi connectivity index (χ0n) is 37.4. The molecule has 2 unspecified atom stereocenters. The van der Waals surface area contributed by atoms with Crippen molar-refractivity contribution in [1.82, 2.24) is 16.0 Å². The van der Waals surface area contributed by atoms with Crippen LogP contribution in [0.2, 0.25) is 0 Å². The molecule has 0 aromatic heterocycles. The normalized spacial score (nSPS) is 29.0. The number of phosphoric ester groups is 2. The van der Waals surface area contributed by atoms with Gasteiger partial charge < -0.3 is 25.4 Å². The Bertz CT molecular complexity index is 1780. The molecule has 1 spiro atoms. The topological polar surface area (TPSA) is 212 Å². The summed E-state index contributed by atoms with van der Waals surface area (Å²) >= 11 is 0. The predicted molar refractivity (Wildman–Crippen MR) is 228 cm³/mol. The van der Waals surface area contributed by atoms with Crippen LogP contribution in [0.15, 0.2) is 24.3 Å². The highest BCUT2D eigenvalue weighted by Crippen LogP contribution is 2.58. The molecule has 0 radical (unpaired) electrons. The maximum atomic E-state index is 13.6. The monoisotopic (exact) mass is 913 g/mol. The van der Waals surface area contributed by atoms with Crippen LogP contribution >= 0.6 is 15.6 Å². The van der Waals surface area contributed by atoms with E-state index in [2.05, 4.69) is 16.0 Å². The number of amides is 2. The van der Waals surface area contributed by atoms with Crippen LogP contribution in [0.25, 0.3) is 0 Å². The lowest BCUT2D eigenvalue weighted by atomic mass is 9.70. The molecule has 4 aliphatic rings. The van der Waals surface area contributed by atoms with Crippen molar-refractivity contribution in [2.24, 2.45) is 22.7 Å². The van der Waals surface area contributed by atoms with Crippen LogP contribution in [-0.2, 0) is 78.1 Å². The lowest BCUT2D eigenvalue weighted by Crippen LogP contribution is -2.50. The van der Waals surface area contributed by atoms with Gasteiger partial charge in [-0.1, -0.05) is 83.6 Å². The Morgan fingerprint density at radius 1 is 0.839 bits per heavy atom. The quantitative estimate of drug-likeness (QED) is 0.112. The molecule has 3 saturated heterocycles. The van der Waals surface area contributed by atoms with Crippen molar-refractivity contribution in [3.05, 3.63) is 35.4 Å².